The normalized spacial score (nSPS) is 17.2. The number of benzene rings is 1. The molecule has 0 saturated carbocycles. The molecule has 0 aliphatic carbocycles. The Morgan fingerprint density at radius 3 is 2.62 bits per heavy atom. The summed E-state index contributed by atoms with van der Waals surface area (Å²) < 4.78 is 46.5. The van der Waals surface area contributed by atoms with Crippen molar-refractivity contribution in [1.29, 1.82) is 0 Å². The van der Waals surface area contributed by atoms with E-state index in [1.54, 1.807) is 6.07 Å². The van der Waals surface area contributed by atoms with Crippen molar-refractivity contribution in [3.8, 4) is 11.5 Å². The first-order valence-corrected chi connectivity index (χ1v) is 8.06. The number of aryl methyl sites for hydroxylation is 1. The number of nitrogens with zero attached hydrogens (tertiary/aromatic N) is 1. The number of carbonyl (C=O) groups is 2. The van der Waals surface area contributed by atoms with Crippen LogP contribution in [-0.4, -0.2) is 54.9 Å². The zero-order valence-corrected chi connectivity index (χ0v) is 14.2. The fourth-order valence-corrected chi connectivity index (χ4v) is 2.74. The quantitative estimate of drug-likeness (QED) is 0.793. The lowest BCUT2D eigenvalue weighted by atomic mass is 10.1. The summed E-state index contributed by atoms with van der Waals surface area (Å²) in [7, 11) is 1.32. The Labute approximate surface area is 148 Å². The van der Waals surface area contributed by atoms with Gasteiger partial charge in [0.2, 0.25) is 5.91 Å². The average molecular weight is 375 g/mol. The zero-order valence-electron chi connectivity index (χ0n) is 14.2. The monoisotopic (exact) mass is 375 g/mol. The van der Waals surface area contributed by atoms with E-state index in [0.717, 1.165) is 0 Å². The number of aliphatic carboxylic acids is 1. The molecule has 2 rings (SSSR count). The highest BCUT2D eigenvalue weighted by Gasteiger charge is 2.31. The molecule has 1 saturated heterocycles. The second-order valence-corrected chi connectivity index (χ2v) is 6.05. The van der Waals surface area contributed by atoms with Crippen molar-refractivity contribution in [2.24, 2.45) is 5.92 Å². The second-order valence-electron chi connectivity index (χ2n) is 6.05. The van der Waals surface area contributed by atoms with Crippen molar-refractivity contribution in [1.82, 2.24) is 4.90 Å². The molecule has 9 heteroatoms. The van der Waals surface area contributed by atoms with E-state index >= 15 is 0 Å². The topological polar surface area (TPSA) is 76.1 Å². The van der Waals surface area contributed by atoms with Gasteiger partial charge in [-0.3, -0.25) is 9.59 Å². The van der Waals surface area contributed by atoms with E-state index in [2.05, 4.69) is 0 Å². The Kier molecular flexibility index (Phi) is 6.33. The number of amides is 1. The molecule has 1 aromatic rings. The predicted octanol–water partition coefficient (Wildman–Crippen LogP) is 2.50. The van der Waals surface area contributed by atoms with Gasteiger partial charge in [-0.25, -0.2) is 0 Å². The van der Waals surface area contributed by atoms with Crippen LogP contribution in [0.3, 0.4) is 0 Å². The predicted molar refractivity (Wildman–Crippen MR) is 85.2 cm³/mol. The lowest BCUT2D eigenvalue weighted by Gasteiger charge is -2.16. The summed E-state index contributed by atoms with van der Waals surface area (Å²) in [4.78, 5) is 24.6. The van der Waals surface area contributed by atoms with Crippen LogP contribution in [0.5, 0.6) is 11.5 Å². The molecule has 1 fully saturated rings. The Balaban J connectivity index is 1.91. The first kappa shape index (κ1) is 19.9. The summed E-state index contributed by atoms with van der Waals surface area (Å²) in [6.45, 7) is -0.786. The largest absolute Gasteiger partial charge is 0.493 e. The fourth-order valence-electron chi connectivity index (χ4n) is 2.74. The minimum atomic E-state index is -4.44. The minimum Gasteiger partial charge on any atom is -0.493 e. The van der Waals surface area contributed by atoms with E-state index in [1.165, 1.54) is 24.1 Å². The van der Waals surface area contributed by atoms with Crippen LogP contribution in [0, 0.1) is 5.92 Å². The van der Waals surface area contributed by atoms with Gasteiger partial charge in [-0.1, -0.05) is 6.07 Å². The number of rotatable bonds is 7. The average Bonchev–Trinajstić information content (AvgIpc) is 3.07. The van der Waals surface area contributed by atoms with Crippen LogP contribution in [0.1, 0.15) is 18.4 Å². The maximum atomic E-state index is 12.2. The van der Waals surface area contributed by atoms with Crippen LogP contribution >= 0.6 is 0 Å². The van der Waals surface area contributed by atoms with Gasteiger partial charge in [0.1, 0.15) is 0 Å². The van der Waals surface area contributed by atoms with Crippen molar-refractivity contribution < 1.29 is 37.3 Å². The van der Waals surface area contributed by atoms with Crippen molar-refractivity contribution in [2.45, 2.75) is 25.4 Å². The molecule has 0 radical (unpaired) electrons. The SMILES string of the molecule is COc1cc(CCC(=O)N2CC[C@H](C(=O)O)C2)ccc1OCC(F)(F)F. The number of methoxy groups -OCH3 is 1. The molecule has 0 bridgehead atoms. The van der Waals surface area contributed by atoms with Gasteiger partial charge in [-0.05, 0) is 30.5 Å². The first-order chi connectivity index (χ1) is 12.2. The van der Waals surface area contributed by atoms with Crippen LogP contribution in [0.2, 0.25) is 0 Å². The number of hydrogen-bond donors (Lipinski definition) is 1. The molecule has 1 aromatic carbocycles. The number of carboxylic acid groups (broad SMARTS) is 1. The molecule has 0 aromatic heterocycles. The molecule has 1 N–H and O–H groups in total. The number of ether oxygens (including phenoxy) is 2. The van der Waals surface area contributed by atoms with Gasteiger partial charge in [0.15, 0.2) is 18.1 Å². The summed E-state index contributed by atoms with van der Waals surface area (Å²) in [5, 5.41) is 8.96. The smallest absolute Gasteiger partial charge is 0.422 e. The van der Waals surface area contributed by atoms with Gasteiger partial charge >= 0.3 is 12.1 Å². The third-order valence-electron chi connectivity index (χ3n) is 4.14. The molecule has 0 spiro atoms. The molecule has 1 atom stereocenters. The molecule has 1 heterocycles. The van der Waals surface area contributed by atoms with Crippen LogP contribution in [0.15, 0.2) is 18.2 Å². The van der Waals surface area contributed by atoms with Crippen molar-refractivity contribution >= 4 is 11.9 Å². The van der Waals surface area contributed by atoms with Crippen molar-refractivity contribution in [3.63, 3.8) is 0 Å². The summed E-state index contributed by atoms with van der Waals surface area (Å²) in [6.07, 6.45) is -3.46. The molecule has 26 heavy (non-hydrogen) atoms. The first-order valence-electron chi connectivity index (χ1n) is 8.06. The highest BCUT2D eigenvalue weighted by Crippen LogP contribution is 2.30. The number of carbonyl (C=O) groups excluding carboxylic acids is 1. The molecule has 1 aliphatic rings. The van der Waals surface area contributed by atoms with Crippen molar-refractivity contribution in [3.05, 3.63) is 23.8 Å². The highest BCUT2D eigenvalue weighted by molar-refractivity contribution is 5.79. The van der Waals surface area contributed by atoms with E-state index in [9.17, 15) is 22.8 Å². The summed E-state index contributed by atoms with van der Waals surface area (Å²) in [5.74, 6) is -1.44. The van der Waals surface area contributed by atoms with E-state index < -0.39 is 24.7 Å². The molecule has 1 aliphatic heterocycles. The Morgan fingerprint density at radius 1 is 1.31 bits per heavy atom. The number of carboxylic acids is 1. The molecule has 144 valence electrons. The van der Waals surface area contributed by atoms with Crippen LogP contribution in [0.25, 0.3) is 0 Å². The standard InChI is InChI=1S/C17H20F3NO5/c1-25-14-8-11(2-4-13(14)26-10-17(18,19)20)3-5-15(22)21-7-6-12(9-21)16(23)24/h2,4,8,12H,3,5-7,9-10H2,1H3,(H,23,24)/t12-/m0/s1. The van der Waals surface area contributed by atoms with Gasteiger partial charge < -0.3 is 19.5 Å². The lowest BCUT2D eigenvalue weighted by molar-refractivity contribution is -0.153. The summed E-state index contributed by atoms with van der Waals surface area (Å²) >= 11 is 0. The third kappa shape index (κ3) is 5.53. The number of likely N-dealkylation sites (tertiary alicyclic amines) is 1. The molecule has 1 amide bonds. The Hall–Kier alpha value is -2.45. The lowest BCUT2D eigenvalue weighted by Crippen LogP contribution is -2.30. The van der Waals surface area contributed by atoms with Crippen LogP contribution < -0.4 is 9.47 Å². The van der Waals surface area contributed by atoms with Crippen LogP contribution in [0.4, 0.5) is 13.2 Å². The van der Waals surface area contributed by atoms with Crippen LogP contribution in [-0.2, 0) is 16.0 Å². The number of alkyl halides is 3. The highest BCUT2D eigenvalue weighted by atomic mass is 19.4. The van der Waals surface area contributed by atoms with Gasteiger partial charge in [-0.15, -0.1) is 0 Å². The zero-order chi connectivity index (χ0) is 19.3. The van der Waals surface area contributed by atoms with E-state index in [1.807, 2.05) is 0 Å². The number of hydrogen-bond acceptors (Lipinski definition) is 4. The van der Waals surface area contributed by atoms with Gasteiger partial charge in [0.25, 0.3) is 0 Å². The Morgan fingerprint density at radius 2 is 2.04 bits per heavy atom. The molecular weight excluding hydrogens is 355 g/mol. The minimum absolute atomic E-state index is 0.0243. The van der Waals surface area contributed by atoms with E-state index in [-0.39, 0.29) is 30.4 Å². The second kappa shape index (κ2) is 8.29. The number of halogens is 3. The van der Waals surface area contributed by atoms with Gasteiger partial charge in [-0.2, -0.15) is 13.2 Å². The maximum absolute atomic E-state index is 12.2. The maximum Gasteiger partial charge on any atom is 0.422 e. The third-order valence-corrected chi connectivity index (χ3v) is 4.14. The fraction of sp³-hybridized carbons (Fsp3) is 0.529. The molecular formula is C17H20F3NO5. The van der Waals surface area contributed by atoms with E-state index in [4.69, 9.17) is 14.6 Å². The van der Waals surface area contributed by atoms with Gasteiger partial charge in [0.05, 0.1) is 13.0 Å². The van der Waals surface area contributed by atoms with Gasteiger partial charge in [0, 0.05) is 19.5 Å². The summed E-state index contributed by atoms with van der Waals surface area (Å²) in [5.41, 5.74) is 0.712. The summed E-state index contributed by atoms with van der Waals surface area (Å²) in [6, 6.07) is 4.48. The van der Waals surface area contributed by atoms with Crippen molar-refractivity contribution in [2.75, 3.05) is 26.8 Å². The molecule has 0 unspecified atom stereocenters. The van der Waals surface area contributed by atoms with E-state index in [0.29, 0.717) is 24.9 Å². The Bertz CT molecular complexity index is 662. The molecule has 6 nitrogen and oxygen atoms in total.